The van der Waals surface area contributed by atoms with Crippen LogP contribution in [-0.2, 0) is 10.9 Å². The maximum atomic E-state index is 12.8. The van der Waals surface area contributed by atoms with Gasteiger partial charge in [-0.1, -0.05) is 19.1 Å². The first-order chi connectivity index (χ1) is 14.7. The van der Waals surface area contributed by atoms with Crippen LogP contribution in [0.3, 0.4) is 0 Å². The van der Waals surface area contributed by atoms with Gasteiger partial charge >= 0.3 is 12.3 Å². The molecule has 1 amide bonds. The van der Waals surface area contributed by atoms with Crippen molar-refractivity contribution >= 4 is 33.5 Å². The number of nitrogens with one attached hydrogen (secondary N) is 1. The third-order valence-electron chi connectivity index (χ3n) is 4.78. The summed E-state index contributed by atoms with van der Waals surface area (Å²) >= 11 is 3.34. The van der Waals surface area contributed by atoms with E-state index in [1.807, 2.05) is 0 Å². The molecule has 0 radical (unpaired) electrons. The van der Waals surface area contributed by atoms with Crippen LogP contribution in [0.25, 0.3) is 0 Å². The molecule has 3 rings (SSSR count). The van der Waals surface area contributed by atoms with Gasteiger partial charge < -0.3 is 9.47 Å². The van der Waals surface area contributed by atoms with Crippen LogP contribution in [0.15, 0.2) is 46.9 Å². The Morgan fingerprint density at radius 3 is 2.55 bits per heavy atom. The van der Waals surface area contributed by atoms with E-state index in [1.165, 1.54) is 12.1 Å². The number of rotatable bonds is 8. The Morgan fingerprint density at radius 1 is 1.19 bits per heavy atom. The molecule has 1 aliphatic rings. The number of para-hydroxylation sites is 1. The van der Waals surface area contributed by atoms with Gasteiger partial charge in [0, 0.05) is 16.0 Å². The fraction of sp³-hybridized carbons (Fsp3) is 0.364. The van der Waals surface area contributed by atoms with Crippen molar-refractivity contribution in [3.8, 4) is 5.75 Å². The molecule has 2 aromatic rings. The first kappa shape index (κ1) is 23.1. The topological polar surface area (TPSA) is 64.6 Å². The average Bonchev–Trinajstić information content (AvgIpc) is 3.57. The molecular weight excluding hydrogens is 479 g/mol. The van der Waals surface area contributed by atoms with Crippen molar-refractivity contribution in [3.63, 3.8) is 0 Å². The van der Waals surface area contributed by atoms with Crippen LogP contribution in [0, 0.1) is 5.92 Å². The Morgan fingerprint density at radius 2 is 1.90 bits per heavy atom. The summed E-state index contributed by atoms with van der Waals surface area (Å²) in [6, 6.07) is 9.56. The Kier molecular flexibility index (Phi) is 7.25. The van der Waals surface area contributed by atoms with E-state index in [2.05, 4.69) is 21.2 Å². The van der Waals surface area contributed by atoms with E-state index >= 15 is 0 Å². The van der Waals surface area contributed by atoms with Gasteiger partial charge in [-0.2, -0.15) is 13.2 Å². The second-order valence-corrected chi connectivity index (χ2v) is 8.05. The second-order valence-electron chi connectivity index (χ2n) is 7.20. The highest BCUT2D eigenvalue weighted by Gasteiger charge is 2.33. The minimum absolute atomic E-state index is 0.0184. The van der Waals surface area contributed by atoms with Crippen molar-refractivity contribution in [1.29, 1.82) is 0 Å². The number of anilines is 1. The van der Waals surface area contributed by atoms with Crippen LogP contribution in [0.2, 0.25) is 0 Å². The van der Waals surface area contributed by atoms with Crippen molar-refractivity contribution in [3.05, 3.63) is 58.1 Å². The molecule has 0 spiro atoms. The molecule has 1 N–H and O–H groups in total. The molecule has 0 aliphatic heterocycles. The van der Waals surface area contributed by atoms with Crippen LogP contribution >= 0.6 is 15.9 Å². The molecule has 9 heteroatoms. The minimum Gasteiger partial charge on any atom is -0.490 e. The SMILES string of the molecule is CCC(COc1cccc(C(F)(F)F)c1)OC(=O)Nc1c(Br)cccc1C(=O)C1CC1. The Labute approximate surface area is 186 Å². The Hall–Kier alpha value is -2.55. The van der Waals surface area contributed by atoms with E-state index < -0.39 is 23.9 Å². The zero-order valence-corrected chi connectivity index (χ0v) is 18.3. The van der Waals surface area contributed by atoms with Crippen molar-refractivity contribution in [2.45, 2.75) is 38.5 Å². The van der Waals surface area contributed by atoms with E-state index in [0.717, 1.165) is 25.0 Å². The number of benzene rings is 2. The van der Waals surface area contributed by atoms with E-state index in [4.69, 9.17) is 9.47 Å². The molecule has 31 heavy (non-hydrogen) atoms. The fourth-order valence-electron chi connectivity index (χ4n) is 2.89. The number of amides is 1. The first-order valence-corrected chi connectivity index (χ1v) is 10.6. The summed E-state index contributed by atoms with van der Waals surface area (Å²) in [7, 11) is 0. The van der Waals surface area contributed by atoms with E-state index in [1.54, 1.807) is 25.1 Å². The molecule has 1 saturated carbocycles. The third kappa shape index (κ3) is 6.22. The van der Waals surface area contributed by atoms with Gasteiger partial charge in [-0.25, -0.2) is 4.79 Å². The monoisotopic (exact) mass is 499 g/mol. The molecule has 1 aliphatic carbocycles. The number of halogens is 4. The maximum Gasteiger partial charge on any atom is 0.416 e. The highest BCUT2D eigenvalue weighted by molar-refractivity contribution is 9.10. The summed E-state index contributed by atoms with van der Waals surface area (Å²) in [6.45, 7) is 1.64. The van der Waals surface area contributed by atoms with E-state index in [-0.39, 0.29) is 24.1 Å². The Balaban J connectivity index is 1.62. The van der Waals surface area contributed by atoms with Gasteiger partial charge in [0.05, 0.1) is 11.3 Å². The summed E-state index contributed by atoms with van der Waals surface area (Å²) in [5.74, 6) is -0.0213. The molecule has 1 unspecified atom stereocenters. The van der Waals surface area contributed by atoms with Gasteiger partial charge in [0.1, 0.15) is 18.5 Å². The van der Waals surface area contributed by atoms with Crippen molar-refractivity contribution in [1.82, 2.24) is 0 Å². The summed E-state index contributed by atoms with van der Waals surface area (Å²) in [5, 5.41) is 2.60. The lowest BCUT2D eigenvalue weighted by Gasteiger charge is -2.19. The number of Topliss-reactive ketones (excluding diaryl/α,β-unsaturated/α-hetero) is 1. The standard InChI is InChI=1S/C22H21BrF3NO4/c1-2-15(12-30-16-6-3-5-14(11-16)22(24,25)26)31-21(29)27-19-17(7-4-8-18(19)23)20(28)13-9-10-13/h3-8,11,13,15H,2,9-10,12H2,1H3,(H,27,29). The molecule has 0 saturated heterocycles. The lowest BCUT2D eigenvalue weighted by Crippen LogP contribution is -2.28. The fourth-order valence-corrected chi connectivity index (χ4v) is 3.36. The molecule has 0 aromatic heterocycles. The van der Waals surface area contributed by atoms with Gasteiger partial charge in [-0.05, 0) is 65.5 Å². The summed E-state index contributed by atoms with van der Waals surface area (Å²) < 4.78 is 49.8. The van der Waals surface area contributed by atoms with Gasteiger partial charge in [-0.3, -0.25) is 10.1 Å². The molecule has 1 atom stereocenters. The van der Waals surface area contributed by atoms with E-state index in [0.29, 0.717) is 22.1 Å². The molecular formula is C22H21BrF3NO4. The van der Waals surface area contributed by atoms with Gasteiger partial charge in [0.15, 0.2) is 5.78 Å². The van der Waals surface area contributed by atoms with E-state index in [9.17, 15) is 22.8 Å². The van der Waals surface area contributed by atoms with Crippen molar-refractivity contribution in [2.24, 2.45) is 5.92 Å². The second kappa shape index (κ2) is 9.72. The number of carbonyl (C=O) groups is 2. The number of hydrogen-bond donors (Lipinski definition) is 1. The number of hydrogen-bond acceptors (Lipinski definition) is 4. The summed E-state index contributed by atoms with van der Waals surface area (Å²) in [6.07, 6.45) is -3.90. The van der Waals surface area contributed by atoms with Crippen LogP contribution in [0.5, 0.6) is 5.75 Å². The van der Waals surface area contributed by atoms with Gasteiger partial charge in [-0.15, -0.1) is 0 Å². The zero-order chi connectivity index (χ0) is 22.6. The largest absolute Gasteiger partial charge is 0.490 e. The minimum atomic E-state index is -4.47. The van der Waals surface area contributed by atoms with Gasteiger partial charge in [0.2, 0.25) is 0 Å². The smallest absolute Gasteiger partial charge is 0.416 e. The first-order valence-electron chi connectivity index (χ1n) is 9.79. The predicted molar refractivity (Wildman–Crippen MR) is 112 cm³/mol. The van der Waals surface area contributed by atoms with Crippen molar-refractivity contribution in [2.75, 3.05) is 11.9 Å². The number of alkyl halides is 3. The molecule has 2 aromatic carbocycles. The summed E-state index contributed by atoms with van der Waals surface area (Å²) in [5.41, 5.74) is -0.0846. The quantitative estimate of drug-likeness (QED) is 0.423. The van der Waals surface area contributed by atoms with Crippen LogP contribution in [0.4, 0.5) is 23.7 Å². The Bertz CT molecular complexity index is 960. The number of ether oxygens (including phenoxy) is 2. The van der Waals surface area contributed by atoms with Crippen LogP contribution in [0.1, 0.15) is 42.1 Å². The number of ketones is 1. The lowest BCUT2D eigenvalue weighted by atomic mass is 10.1. The zero-order valence-electron chi connectivity index (χ0n) is 16.7. The normalized spacial score (nSPS) is 14.6. The van der Waals surface area contributed by atoms with Gasteiger partial charge in [0.25, 0.3) is 0 Å². The maximum absolute atomic E-state index is 12.8. The molecule has 5 nitrogen and oxygen atoms in total. The van der Waals surface area contributed by atoms with Crippen molar-refractivity contribution < 1.29 is 32.2 Å². The predicted octanol–water partition coefficient (Wildman–Crippen LogP) is 6.47. The van der Waals surface area contributed by atoms with Crippen LogP contribution < -0.4 is 10.1 Å². The highest BCUT2D eigenvalue weighted by Crippen LogP contribution is 2.37. The van der Waals surface area contributed by atoms with Crippen LogP contribution in [-0.4, -0.2) is 24.6 Å². The number of carbonyl (C=O) groups excluding carboxylic acids is 2. The third-order valence-corrected chi connectivity index (χ3v) is 5.44. The molecule has 0 bridgehead atoms. The molecule has 166 valence electrons. The molecule has 0 heterocycles. The lowest BCUT2D eigenvalue weighted by molar-refractivity contribution is -0.137. The average molecular weight is 500 g/mol. The molecule has 1 fully saturated rings. The highest BCUT2D eigenvalue weighted by atomic mass is 79.9. The summed E-state index contributed by atoms with van der Waals surface area (Å²) in [4.78, 5) is 24.9.